The SMILES string of the molecule is Cc1cc(C(=O)N[C@H](C)c2ccc(N3CCC[C@@H](C)C3)cc2)ccc1[N+](=O)[O-]. The molecule has 28 heavy (non-hydrogen) atoms. The van der Waals surface area contributed by atoms with Crippen molar-refractivity contribution in [3.05, 3.63) is 69.3 Å². The first kappa shape index (κ1) is 19.9. The Kier molecular flexibility index (Phi) is 5.97. The molecule has 1 fully saturated rings. The minimum Gasteiger partial charge on any atom is -0.371 e. The number of piperidine rings is 1. The summed E-state index contributed by atoms with van der Waals surface area (Å²) < 4.78 is 0. The van der Waals surface area contributed by atoms with Gasteiger partial charge in [-0.3, -0.25) is 14.9 Å². The summed E-state index contributed by atoms with van der Waals surface area (Å²) in [5, 5.41) is 13.9. The van der Waals surface area contributed by atoms with Crippen LogP contribution in [-0.2, 0) is 0 Å². The number of hydrogen-bond acceptors (Lipinski definition) is 4. The van der Waals surface area contributed by atoms with Crippen molar-refractivity contribution in [2.75, 3.05) is 18.0 Å². The molecular weight excluding hydrogens is 354 g/mol. The standard InChI is InChI=1S/C22H27N3O3/c1-15-5-4-12-24(14-15)20-9-6-18(7-10-20)17(3)23-22(26)19-8-11-21(25(27)28)16(2)13-19/h6-11,13,15,17H,4-5,12,14H2,1-3H3,(H,23,26)/t15-,17-/m1/s1. The van der Waals surface area contributed by atoms with E-state index in [0.29, 0.717) is 11.1 Å². The van der Waals surface area contributed by atoms with Crippen LogP contribution in [0.4, 0.5) is 11.4 Å². The lowest BCUT2D eigenvalue weighted by atomic mass is 9.99. The van der Waals surface area contributed by atoms with Crippen LogP contribution in [0.2, 0.25) is 0 Å². The molecule has 2 aromatic rings. The molecule has 0 bridgehead atoms. The Morgan fingerprint density at radius 3 is 2.57 bits per heavy atom. The number of carbonyl (C=O) groups excluding carboxylic acids is 1. The number of hydrogen-bond donors (Lipinski definition) is 1. The third-order valence-corrected chi connectivity index (χ3v) is 5.42. The van der Waals surface area contributed by atoms with E-state index < -0.39 is 4.92 Å². The summed E-state index contributed by atoms with van der Waals surface area (Å²) in [6.45, 7) is 8.05. The second-order valence-electron chi connectivity index (χ2n) is 7.74. The van der Waals surface area contributed by atoms with E-state index in [1.807, 2.05) is 6.92 Å². The van der Waals surface area contributed by atoms with Gasteiger partial charge in [0.25, 0.3) is 11.6 Å². The molecule has 148 valence electrons. The van der Waals surface area contributed by atoms with E-state index in [4.69, 9.17) is 0 Å². The lowest BCUT2D eigenvalue weighted by Crippen LogP contribution is -2.34. The van der Waals surface area contributed by atoms with Gasteiger partial charge in [0.05, 0.1) is 11.0 Å². The molecule has 1 N–H and O–H groups in total. The summed E-state index contributed by atoms with van der Waals surface area (Å²) in [6, 6.07) is 12.6. The summed E-state index contributed by atoms with van der Waals surface area (Å²) in [6.07, 6.45) is 2.52. The molecule has 2 aromatic carbocycles. The van der Waals surface area contributed by atoms with Gasteiger partial charge in [0.15, 0.2) is 0 Å². The molecule has 3 rings (SSSR count). The van der Waals surface area contributed by atoms with E-state index in [0.717, 1.165) is 24.6 Å². The predicted octanol–water partition coefficient (Wildman–Crippen LogP) is 4.63. The Morgan fingerprint density at radius 1 is 1.25 bits per heavy atom. The van der Waals surface area contributed by atoms with Crippen molar-refractivity contribution < 1.29 is 9.72 Å². The lowest BCUT2D eigenvalue weighted by molar-refractivity contribution is -0.385. The lowest BCUT2D eigenvalue weighted by Gasteiger charge is -2.33. The number of carbonyl (C=O) groups is 1. The summed E-state index contributed by atoms with van der Waals surface area (Å²) in [5.41, 5.74) is 3.17. The van der Waals surface area contributed by atoms with E-state index in [1.54, 1.807) is 13.0 Å². The monoisotopic (exact) mass is 381 g/mol. The molecular formula is C22H27N3O3. The predicted molar refractivity (Wildman–Crippen MR) is 111 cm³/mol. The molecule has 1 heterocycles. The van der Waals surface area contributed by atoms with E-state index in [2.05, 4.69) is 41.4 Å². The smallest absolute Gasteiger partial charge is 0.272 e. The van der Waals surface area contributed by atoms with Crippen LogP contribution in [0.15, 0.2) is 42.5 Å². The van der Waals surface area contributed by atoms with Gasteiger partial charge >= 0.3 is 0 Å². The van der Waals surface area contributed by atoms with Gasteiger partial charge in [-0.05, 0) is 62.4 Å². The fraction of sp³-hybridized carbons (Fsp3) is 0.409. The van der Waals surface area contributed by atoms with Gasteiger partial charge in [-0.2, -0.15) is 0 Å². The van der Waals surface area contributed by atoms with Gasteiger partial charge in [-0.1, -0.05) is 19.1 Å². The van der Waals surface area contributed by atoms with Crippen LogP contribution in [0.1, 0.15) is 54.2 Å². The maximum atomic E-state index is 12.5. The maximum absolute atomic E-state index is 12.5. The van der Waals surface area contributed by atoms with E-state index in [1.165, 1.54) is 30.7 Å². The number of nitro benzene ring substituents is 1. The zero-order valence-corrected chi connectivity index (χ0v) is 16.6. The fourth-order valence-electron chi connectivity index (χ4n) is 3.76. The molecule has 2 atom stereocenters. The highest BCUT2D eigenvalue weighted by molar-refractivity contribution is 5.95. The number of nitro groups is 1. The van der Waals surface area contributed by atoms with Gasteiger partial charge in [-0.25, -0.2) is 0 Å². The van der Waals surface area contributed by atoms with Gasteiger partial charge < -0.3 is 10.2 Å². The normalized spacial score (nSPS) is 17.8. The number of aryl methyl sites for hydroxylation is 1. The molecule has 1 saturated heterocycles. The number of nitrogens with zero attached hydrogens (tertiary/aromatic N) is 2. The molecule has 0 radical (unpaired) electrons. The summed E-state index contributed by atoms with van der Waals surface area (Å²) in [7, 11) is 0. The number of anilines is 1. The Balaban J connectivity index is 1.65. The van der Waals surface area contributed by atoms with E-state index >= 15 is 0 Å². The third kappa shape index (κ3) is 4.50. The van der Waals surface area contributed by atoms with E-state index in [9.17, 15) is 14.9 Å². The number of benzene rings is 2. The molecule has 0 aliphatic carbocycles. The first-order chi connectivity index (χ1) is 13.3. The van der Waals surface area contributed by atoms with E-state index in [-0.39, 0.29) is 17.6 Å². The van der Waals surface area contributed by atoms with Crippen molar-refractivity contribution in [1.29, 1.82) is 0 Å². The summed E-state index contributed by atoms with van der Waals surface area (Å²) >= 11 is 0. The molecule has 1 amide bonds. The van der Waals surface area contributed by atoms with Gasteiger partial charge in [0.1, 0.15) is 0 Å². The summed E-state index contributed by atoms with van der Waals surface area (Å²) in [4.78, 5) is 25.4. The van der Waals surface area contributed by atoms with Crippen molar-refractivity contribution >= 4 is 17.3 Å². The molecule has 0 aromatic heterocycles. The van der Waals surface area contributed by atoms with Gasteiger partial charge in [0, 0.05) is 36.0 Å². The average molecular weight is 381 g/mol. The first-order valence-corrected chi connectivity index (χ1v) is 9.76. The molecule has 6 nitrogen and oxygen atoms in total. The fourth-order valence-corrected chi connectivity index (χ4v) is 3.76. The third-order valence-electron chi connectivity index (χ3n) is 5.42. The Bertz CT molecular complexity index is 864. The topological polar surface area (TPSA) is 75.5 Å². The highest BCUT2D eigenvalue weighted by atomic mass is 16.6. The Labute approximate surface area is 165 Å². The Hall–Kier alpha value is -2.89. The van der Waals surface area contributed by atoms with Crippen LogP contribution >= 0.6 is 0 Å². The van der Waals surface area contributed by atoms with Crippen molar-refractivity contribution in [2.45, 2.75) is 39.7 Å². The summed E-state index contributed by atoms with van der Waals surface area (Å²) in [5.74, 6) is 0.483. The number of nitrogens with one attached hydrogen (secondary N) is 1. The molecule has 0 unspecified atom stereocenters. The second-order valence-corrected chi connectivity index (χ2v) is 7.74. The zero-order valence-electron chi connectivity index (χ0n) is 16.6. The molecule has 0 saturated carbocycles. The van der Waals surface area contributed by atoms with Crippen molar-refractivity contribution in [1.82, 2.24) is 5.32 Å². The molecule has 0 spiro atoms. The second kappa shape index (κ2) is 8.42. The minimum atomic E-state index is -0.440. The highest BCUT2D eigenvalue weighted by Gasteiger charge is 2.18. The van der Waals surface area contributed by atoms with Crippen LogP contribution in [0.3, 0.4) is 0 Å². The zero-order chi connectivity index (χ0) is 20.3. The van der Waals surface area contributed by atoms with Crippen LogP contribution in [0.25, 0.3) is 0 Å². The Morgan fingerprint density at radius 2 is 1.96 bits per heavy atom. The van der Waals surface area contributed by atoms with Crippen molar-refractivity contribution in [2.24, 2.45) is 5.92 Å². The van der Waals surface area contributed by atoms with Gasteiger partial charge in [0.2, 0.25) is 0 Å². The maximum Gasteiger partial charge on any atom is 0.272 e. The minimum absolute atomic E-state index is 0.0206. The van der Waals surface area contributed by atoms with Crippen molar-refractivity contribution in [3.63, 3.8) is 0 Å². The van der Waals surface area contributed by atoms with Crippen molar-refractivity contribution in [3.8, 4) is 0 Å². The van der Waals surface area contributed by atoms with Crippen LogP contribution < -0.4 is 10.2 Å². The van der Waals surface area contributed by atoms with Crippen LogP contribution in [0.5, 0.6) is 0 Å². The molecule has 1 aliphatic heterocycles. The average Bonchev–Trinajstić information content (AvgIpc) is 2.67. The first-order valence-electron chi connectivity index (χ1n) is 9.76. The largest absolute Gasteiger partial charge is 0.371 e. The van der Waals surface area contributed by atoms with Crippen LogP contribution in [-0.4, -0.2) is 23.9 Å². The van der Waals surface area contributed by atoms with Gasteiger partial charge in [-0.15, -0.1) is 0 Å². The van der Waals surface area contributed by atoms with Crippen LogP contribution in [0, 0.1) is 23.0 Å². The highest BCUT2D eigenvalue weighted by Crippen LogP contribution is 2.25. The molecule has 6 heteroatoms. The number of rotatable bonds is 5. The quantitative estimate of drug-likeness (QED) is 0.605. The number of amides is 1. The molecule has 1 aliphatic rings.